The number of carboxylic acid groups (broad SMARTS) is 1. The molecule has 1 heterocycles. The number of aliphatic carboxylic acids is 1. The zero-order chi connectivity index (χ0) is 15.0. The summed E-state index contributed by atoms with van der Waals surface area (Å²) in [4.78, 5) is 33.9. The molecule has 0 radical (unpaired) electrons. The fourth-order valence-corrected chi connectivity index (χ4v) is 1.95. The Hall–Kier alpha value is -1.83. The Labute approximate surface area is 117 Å². The lowest BCUT2D eigenvalue weighted by molar-refractivity contribution is -0.154. The highest BCUT2D eigenvalue weighted by molar-refractivity contribution is 5.79. The first kappa shape index (κ1) is 16.2. The summed E-state index contributed by atoms with van der Waals surface area (Å²) >= 11 is 0. The van der Waals surface area contributed by atoms with E-state index in [2.05, 4.69) is 16.0 Å². The molecule has 0 aromatic heterocycles. The number of nitrogens with one attached hydrogen (secondary N) is 3. The predicted molar refractivity (Wildman–Crippen MR) is 70.2 cm³/mol. The Kier molecular flexibility index (Phi) is 6.23. The highest BCUT2D eigenvalue weighted by Crippen LogP contribution is 2.29. The van der Waals surface area contributed by atoms with Crippen molar-refractivity contribution in [2.24, 2.45) is 5.41 Å². The molecule has 1 saturated heterocycles. The standard InChI is InChI=1S/C12H21N3O5/c1-13-9(16)2-5-14-11(19)15-8-12(10(17)18)3-6-20-7-4-12/h2-8H2,1H3,(H,13,16)(H,17,18)(H2,14,15,19). The molecule has 3 amide bonds. The van der Waals surface area contributed by atoms with Gasteiger partial charge in [0.2, 0.25) is 5.91 Å². The van der Waals surface area contributed by atoms with Crippen LogP contribution >= 0.6 is 0 Å². The van der Waals surface area contributed by atoms with Gasteiger partial charge in [0.25, 0.3) is 0 Å². The maximum atomic E-state index is 11.5. The minimum Gasteiger partial charge on any atom is -0.481 e. The molecule has 0 unspecified atom stereocenters. The van der Waals surface area contributed by atoms with Crippen LogP contribution in [0.2, 0.25) is 0 Å². The van der Waals surface area contributed by atoms with Crippen LogP contribution in [0.15, 0.2) is 0 Å². The van der Waals surface area contributed by atoms with E-state index in [4.69, 9.17) is 4.74 Å². The maximum absolute atomic E-state index is 11.5. The number of carboxylic acids is 1. The van der Waals surface area contributed by atoms with Crippen molar-refractivity contribution < 1.29 is 24.2 Å². The van der Waals surface area contributed by atoms with Crippen LogP contribution in [0.5, 0.6) is 0 Å². The lowest BCUT2D eigenvalue weighted by atomic mass is 9.80. The van der Waals surface area contributed by atoms with Gasteiger partial charge in [-0.15, -0.1) is 0 Å². The molecule has 8 nitrogen and oxygen atoms in total. The number of urea groups is 1. The molecule has 0 aromatic carbocycles. The van der Waals surface area contributed by atoms with Crippen LogP contribution < -0.4 is 16.0 Å². The molecule has 8 heteroatoms. The highest BCUT2D eigenvalue weighted by Gasteiger charge is 2.40. The van der Waals surface area contributed by atoms with Crippen LogP contribution in [0.4, 0.5) is 4.79 Å². The maximum Gasteiger partial charge on any atom is 0.314 e. The molecule has 1 aliphatic rings. The molecular formula is C12H21N3O5. The molecule has 1 rings (SSSR count). The average Bonchev–Trinajstić information content (AvgIpc) is 2.45. The monoisotopic (exact) mass is 287 g/mol. The number of hydrogen-bond donors (Lipinski definition) is 4. The van der Waals surface area contributed by atoms with Gasteiger partial charge in [0, 0.05) is 39.8 Å². The third-order valence-corrected chi connectivity index (χ3v) is 3.41. The van der Waals surface area contributed by atoms with Gasteiger partial charge in [-0.1, -0.05) is 0 Å². The van der Waals surface area contributed by atoms with Crippen LogP contribution in [-0.4, -0.2) is 56.4 Å². The van der Waals surface area contributed by atoms with E-state index in [0.717, 1.165) is 0 Å². The van der Waals surface area contributed by atoms with E-state index in [-0.39, 0.29) is 25.4 Å². The summed E-state index contributed by atoms with van der Waals surface area (Å²) in [5.74, 6) is -1.09. The minimum atomic E-state index is -0.962. The fraction of sp³-hybridized carbons (Fsp3) is 0.750. The second kappa shape index (κ2) is 7.68. The first-order valence-electron chi connectivity index (χ1n) is 6.53. The molecule has 4 N–H and O–H groups in total. The molecule has 0 bridgehead atoms. The Balaban J connectivity index is 2.34. The van der Waals surface area contributed by atoms with Crippen molar-refractivity contribution in [3.05, 3.63) is 0 Å². The van der Waals surface area contributed by atoms with E-state index >= 15 is 0 Å². The molecule has 0 atom stereocenters. The van der Waals surface area contributed by atoms with E-state index in [1.54, 1.807) is 0 Å². The largest absolute Gasteiger partial charge is 0.481 e. The van der Waals surface area contributed by atoms with Crippen molar-refractivity contribution in [3.8, 4) is 0 Å². The topological polar surface area (TPSA) is 117 Å². The van der Waals surface area contributed by atoms with Crippen LogP contribution in [0.1, 0.15) is 19.3 Å². The molecule has 0 aromatic rings. The molecule has 20 heavy (non-hydrogen) atoms. The molecule has 0 aliphatic carbocycles. The first-order valence-corrected chi connectivity index (χ1v) is 6.53. The normalized spacial score (nSPS) is 17.1. The smallest absolute Gasteiger partial charge is 0.314 e. The third kappa shape index (κ3) is 4.69. The SMILES string of the molecule is CNC(=O)CCNC(=O)NCC1(C(=O)O)CCOCC1. The van der Waals surface area contributed by atoms with Crippen molar-refractivity contribution in [3.63, 3.8) is 0 Å². The molecule has 1 aliphatic heterocycles. The summed E-state index contributed by atoms with van der Waals surface area (Å²) in [5.41, 5.74) is -0.962. The van der Waals surface area contributed by atoms with Crippen molar-refractivity contribution in [2.75, 3.05) is 33.4 Å². The lowest BCUT2D eigenvalue weighted by Crippen LogP contribution is -2.49. The van der Waals surface area contributed by atoms with Gasteiger partial charge >= 0.3 is 12.0 Å². The van der Waals surface area contributed by atoms with Gasteiger partial charge in [-0.25, -0.2) is 4.79 Å². The molecule has 1 fully saturated rings. The van der Waals surface area contributed by atoms with E-state index in [9.17, 15) is 19.5 Å². The number of amides is 3. The van der Waals surface area contributed by atoms with Gasteiger partial charge in [-0.2, -0.15) is 0 Å². The number of carbonyl (C=O) groups is 3. The van der Waals surface area contributed by atoms with Crippen molar-refractivity contribution in [1.29, 1.82) is 0 Å². The molecule has 0 saturated carbocycles. The first-order chi connectivity index (χ1) is 9.50. The molecule has 114 valence electrons. The summed E-state index contributed by atoms with van der Waals surface area (Å²) in [6.07, 6.45) is 0.934. The van der Waals surface area contributed by atoms with Gasteiger partial charge < -0.3 is 25.8 Å². The number of hydrogen-bond acceptors (Lipinski definition) is 4. The predicted octanol–water partition coefficient (Wildman–Crippen LogP) is -0.697. The van der Waals surface area contributed by atoms with Crippen LogP contribution in [0.3, 0.4) is 0 Å². The van der Waals surface area contributed by atoms with Crippen molar-refractivity contribution in [1.82, 2.24) is 16.0 Å². The number of ether oxygens (including phenoxy) is 1. The van der Waals surface area contributed by atoms with Gasteiger partial charge in [-0.05, 0) is 12.8 Å². The van der Waals surface area contributed by atoms with Crippen LogP contribution in [-0.2, 0) is 14.3 Å². The lowest BCUT2D eigenvalue weighted by Gasteiger charge is -2.33. The van der Waals surface area contributed by atoms with Crippen molar-refractivity contribution in [2.45, 2.75) is 19.3 Å². The van der Waals surface area contributed by atoms with Crippen LogP contribution in [0.25, 0.3) is 0 Å². The second-order valence-electron chi connectivity index (χ2n) is 4.73. The van der Waals surface area contributed by atoms with Gasteiger partial charge in [-0.3, -0.25) is 9.59 Å². The summed E-state index contributed by atoms with van der Waals surface area (Å²) in [6, 6.07) is -0.471. The second-order valence-corrected chi connectivity index (χ2v) is 4.73. The average molecular weight is 287 g/mol. The minimum absolute atomic E-state index is 0.0531. The summed E-state index contributed by atoms with van der Waals surface area (Å²) in [6.45, 7) is 1.02. The van der Waals surface area contributed by atoms with E-state index in [1.165, 1.54) is 7.05 Å². The van der Waals surface area contributed by atoms with E-state index < -0.39 is 17.4 Å². The third-order valence-electron chi connectivity index (χ3n) is 3.41. The Morgan fingerprint density at radius 2 is 1.85 bits per heavy atom. The quantitative estimate of drug-likeness (QED) is 0.515. The summed E-state index contributed by atoms with van der Waals surface area (Å²) in [5, 5.41) is 16.8. The highest BCUT2D eigenvalue weighted by atomic mass is 16.5. The van der Waals surface area contributed by atoms with Gasteiger partial charge in [0.15, 0.2) is 0 Å². The number of carbonyl (C=O) groups excluding carboxylic acids is 2. The molecular weight excluding hydrogens is 266 g/mol. The van der Waals surface area contributed by atoms with Crippen LogP contribution in [0, 0.1) is 5.41 Å². The fourth-order valence-electron chi connectivity index (χ4n) is 1.95. The zero-order valence-electron chi connectivity index (χ0n) is 11.5. The van der Waals surface area contributed by atoms with Gasteiger partial charge in [0.1, 0.15) is 0 Å². The zero-order valence-corrected chi connectivity index (χ0v) is 11.5. The number of rotatable bonds is 6. The molecule has 0 spiro atoms. The Morgan fingerprint density at radius 3 is 2.40 bits per heavy atom. The van der Waals surface area contributed by atoms with Crippen molar-refractivity contribution >= 4 is 17.9 Å². The summed E-state index contributed by atoms with van der Waals surface area (Å²) in [7, 11) is 1.52. The van der Waals surface area contributed by atoms with E-state index in [0.29, 0.717) is 26.1 Å². The van der Waals surface area contributed by atoms with E-state index in [1.807, 2.05) is 0 Å². The Bertz CT molecular complexity index is 366. The Morgan fingerprint density at radius 1 is 1.20 bits per heavy atom. The summed E-state index contributed by atoms with van der Waals surface area (Å²) < 4.78 is 5.15. The van der Waals surface area contributed by atoms with Gasteiger partial charge in [0.05, 0.1) is 5.41 Å².